The van der Waals surface area contributed by atoms with Crippen LogP contribution in [0.5, 0.6) is 0 Å². The van der Waals surface area contributed by atoms with E-state index in [0.717, 1.165) is 0 Å². The number of rotatable bonds is 3. The van der Waals surface area contributed by atoms with E-state index in [2.05, 4.69) is 173 Å². The van der Waals surface area contributed by atoms with Crippen molar-refractivity contribution in [2.75, 3.05) is 0 Å². The molecule has 2 heteroatoms. The van der Waals surface area contributed by atoms with Crippen LogP contribution in [0.15, 0.2) is 164 Å². The molecule has 0 unspecified atom stereocenters. The third-order valence-corrected chi connectivity index (χ3v) is 9.69. The number of nitrogens with one attached hydrogen (secondary N) is 1. The van der Waals surface area contributed by atoms with Crippen LogP contribution in [0.3, 0.4) is 0 Å². The quantitative estimate of drug-likeness (QED) is 0.213. The van der Waals surface area contributed by atoms with Crippen molar-refractivity contribution in [1.29, 1.82) is 0 Å². The van der Waals surface area contributed by atoms with Gasteiger partial charge in [0.1, 0.15) is 0 Å². The van der Waals surface area contributed by atoms with Gasteiger partial charge in [0.25, 0.3) is 0 Å². The smallest absolute Gasteiger partial charge is 0.0544 e. The largest absolute Gasteiger partial charge is 0.354 e. The average molecular weight is 585 g/mol. The Labute approximate surface area is 265 Å². The fourth-order valence-electron chi connectivity index (χ4n) is 7.52. The second-order valence-electron chi connectivity index (χ2n) is 12.3. The van der Waals surface area contributed by atoms with Crippen LogP contribution in [-0.4, -0.2) is 9.55 Å². The third-order valence-electron chi connectivity index (χ3n) is 9.69. The molecule has 0 aliphatic heterocycles. The highest BCUT2D eigenvalue weighted by molar-refractivity contribution is 6.21. The molecule has 0 radical (unpaired) electrons. The standard InChI is InChI=1S/C44H28N2/c1-2-10-33(11-3-1)46-42-17-9-7-14-36(42)39-26-31(22-23-43(39)46)29-18-19-30-25-32(21-20-28(30)24-29)38-27-40-35-13-6-8-16-41(35)45-44(40)37-15-5-4-12-34(37)38/h1-27,45H. The second kappa shape index (κ2) is 9.69. The van der Waals surface area contributed by atoms with Gasteiger partial charge in [-0.15, -0.1) is 0 Å². The number of benzene rings is 8. The van der Waals surface area contributed by atoms with Crippen molar-refractivity contribution in [3.8, 4) is 27.9 Å². The van der Waals surface area contributed by atoms with Gasteiger partial charge in [0, 0.05) is 38.1 Å². The molecule has 0 aliphatic carbocycles. The molecular weight excluding hydrogens is 556 g/mol. The Hall–Kier alpha value is -6.12. The van der Waals surface area contributed by atoms with Gasteiger partial charge < -0.3 is 9.55 Å². The van der Waals surface area contributed by atoms with Crippen molar-refractivity contribution < 1.29 is 0 Å². The van der Waals surface area contributed by atoms with Crippen LogP contribution in [0, 0.1) is 0 Å². The summed E-state index contributed by atoms with van der Waals surface area (Å²) in [6.07, 6.45) is 0. The number of hydrogen-bond donors (Lipinski definition) is 1. The van der Waals surface area contributed by atoms with E-state index in [4.69, 9.17) is 0 Å². The van der Waals surface area contributed by atoms with Crippen molar-refractivity contribution in [2.45, 2.75) is 0 Å². The molecule has 0 amide bonds. The van der Waals surface area contributed by atoms with Crippen LogP contribution in [0.2, 0.25) is 0 Å². The molecule has 0 bridgehead atoms. The maximum Gasteiger partial charge on any atom is 0.0544 e. The number of aromatic amines is 1. The highest BCUT2D eigenvalue weighted by Crippen LogP contribution is 2.40. The molecule has 1 N–H and O–H groups in total. The van der Waals surface area contributed by atoms with Crippen molar-refractivity contribution in [2.24, 2.45) is 0 Å². The van der Waals surface area contributed by atoms with Crippen molar-refractivity contribution >= 4 is 65.2 Å². The van der Waals surface area contributed by atoms with Crippen LogP contribution >= 0.6 is 0 Å². The van der Waals surface area contributed by atoms with Gasteiger partial charge in [-0.2, -0.15) is 0 Å². The van der Waals surface area contributed by atoms with Crippen molar-refractivity contribution in [3.63, 3.8) is 0 Å². The molecule has 46 heavy (non-hydrogen) atoms. The predicted octanol–water partition coefficient (Wildman–Crippen LogP) is 12.1. The van der Waals surface area contributed by atoms with Gasteiger partial charge in [-0.1, -0.05) is 109 Å². The van der Waals surface area contributed by atoms with E-state index in [-0.39, 0.29) is 0 Å². The molecule has 0 spiro atoms. The number of fused-ring (bicyclic) bond motifs is 9. The zero-order valence-corrected chi connectivity index (χ0v) is 25.0. The van der Waals surface area contributed by atoms with E-state index >= 15 is 0 Å². The summed E-state index contributed by atoms with van der Waals surface area (Å²) in [6, 6.07) is 59.8. The summed E-state index contributed by atoms with van der Waals surface area (Å²) in [5.74, 6) is 0. The highest BCUT2D eigenvalue weighted by Gasteiger charge is 2.15. The van der Waals surface area contributed by atoms with E-state index in [9.17, 15) is 0 Å². The molecule has 2 heterocycles. The lowest BCUT2D eigenvalue weighted by Gasteiger charge is -2.11. The van der Waals surface area contributed by atoms with E-state index in [1.807, 2.05) is 0 Å². The average Bonchev–Trinajstić information content (AvgIpc) is 3.67. The van der Waals surface area contributed by atoms with Gasteiger partial charge in [0.05, 0.1) is 16.6 Å². The molecule has 2 aromatic heterocycles. The van der Waals surface area contributed by atoms with Crippen molar-refractivity contribution in [3.05, 3.63) is 164 Å². The van der Waals surface area contributed by atoms with Gasteiger partial charge in [-0.3, -0.25) is 0 Å². The van der Waals surface area contributed by atoms with Gasteiger partial charge in [0.15, 0.2) is 0 Å². The first kappa shape index (κ1) is 25.2. The molecule has 10 aromatic rings. The third kappa shape index (κ3) is 3.71. The summed E-state index contributed by atoms with van der Waals surface area (Å²) in [5.41, 5.74) is 11.0. The van der Waals surface area contributed by atoms with Crippen LogP contribution < -0.4 is 0 Å². The summed E-state index contributed by atoms with van der Waals surface area (Å²) >= 11 is 0. The minimum Gasteiger partial charge on any atom is -0.354 e. The predicted molar refractivity (Wildman–Crippen MR) is 196 cm³/mol. The lowest BCUT2D eigenvalue weighted by molar-refractivity contribution is 1.18. The molecule has 0 aliphatic rings. The fourth-order valence-corrected chi connectivity index (χ4v) is 7.52. The number of aromatic nitrogens is 2. The Balaban J connectivity index is 1.11. The second-order valence-corrected chi connectivity index (χ2v) is 12.3. The van der Waals surface area contributed by atoms with E-state index in [1.54, 1.807) is 0 Å². The van der Waals surface area contributed by atoms with Crippen LogP contribution in [0.4, 0.5) is 0 Å². The molecule has 2 nitrogen and oxygen atoms in total. The van der Waals surface area contributed by atoms with Crippen LogP contribution in [0.1, 0.15) is 0 Å². The van der Waals surface area contributed by atoms with Crippen molar-refractivity contribution in [1.82, 2.24) is 9.55 Å². The molecule has 0 saturated carbocycles. The Bertz CT molecular complexity index is 2800. The normalized spacial score (nSPS) is 11.9. The van der Waals surface area contributed by atoms with Crippen LogP contribution in [0.25, 0.3) is 93.1 Å². The van der Waals surface area contributed by atoms with Gasteiger partial charge in [0.2, 0.25) is 0 Å². The lowest BCUT2D eigenvalue weighted by Crippen LogP contribution is -1.92. The summed E-state index contributed by atoms with van der Waals surface area (Å²) in [7, 11) is 0. The minimum atomic E-state index is 1.17. The number of hydrogen-bond acceptors (Lipinski definition) is 0. The Kier molecular flexibility index (Phi) is 5.31. The summed E-state index contributed by atoms with van der Waals surface area (Å²) in [4.78, 5) is 3.68. The highest BCUT2D eigenvalue weighted by atomic mass is 15.0. The maximum absolute atomic E-state index is 3.68. The Morgan fingerprint density at radius 3 is 1.83 bits per heavy atom. The first-order valence-corrected chi connectivity index (χ1v) is 15.9. The molecule has 10 rings (SSSR count). The van der Waals surface area contributed by atoms with Crippen LogP contribution in [-0.2, 0) is 0 Å². The van der Waals surface area contributed by atoms with E-state index in [1.165, 1.54) is 93.1 Å². The molecule has 214 valence electrons. The first-order chi connectivity index (χ1) is 22.8. The fraction of sp³-hybridized carbons (Fsp3) is 0. The lowest BCUT2D eigenvalue weighted by atomic mass is 9.93. The summed E-state index contributed by atoms with van der Waals surface area (Å²) in [5, 5.41) is 10.1. The minimum absolute atomic E-state index is 1.17. The van der Waals surface area contributed by atoms with E-state index in [0.29, 0.717) is 0 Å². The zero-order chi connectivity index (χ0) is 30.2. The van der Waals surface area contributed by atoms with E-state index < -0.39 is 0 Å². The molecular formula is C44H28N2. The van der Waals surface area contributed by atoms with Gasteiger partial charge >= 0.3 is 0 Å². The number of nitrogens with zero attached hydrogens (tertiary/aromatic N) is 1. The summed E-state index contributed by atoms with van der Waals surface area (Å²) in [6.45, 7) is 0. The SMILES string of the molecule is c1ccc(-n2c3ccccc3c3cc(-c4ccc5cc(-c6cc7c8ccccc8[nH]c7c7ccccc67)ccc5c4)ccc32)cc1. The maximum atomic E-state index is 3.68. The molecule has 0 atom stereocenters. The Morgan fingerprint density at radius 1 is 0.370 bits per heavy atom. The monoisotopic (exact) mass is 584 g/mol. The molecule has 0 saturated heterocycles. The van der Waals surface area contributed by atoms with Gasteiger partial charge in [-0.25, -0.2) is 0 Å². The summed E-state index contributed by atoms with van der Waals surface area (Å²) < 4.78 is 2.37. The van der Waals surface area contributed by atoms with Gasteiger partial charge in [-0.05, 0) is 93.0 Å². The Morgan fingerprint density at radius 2 is 0.978 bits per heavy atom. The molecule has 0 fully saturated rings. The number of para-hydroxylation sites is 3. The first-order valence-electron chi connectivity index (χ1n) is 15.9. The topological polar surface area (TPSA) is 20.7 Å². The zero-order valence-electron chi connectivity index (χ0n) is 25.0. The number of H-pyrrole nitrogens is 1. The molecule has 8 aromatic carbocycles.